The second kappa shape index (κ2) is 5.22. The maximum absolute atomic E-state index is 12.2. The highest BCUT2D eigenvalue weighted by Gasteiger charge is 2.26. The first-order valence-corrected chi connectivity index (χ1v) is 6.79. The molecule has 0 spiro atoms. The fourth-order valence-electron chi connectivity index (χ4n) is 1.79. The van der Waals surface area contributed by atoms with Gasteiger partial charge in [-0.1, -0.05) is 30.3 Å². The molecule has 100 valence electrons. The summed E-state index contributed by atoms with van der Waals surface area (Å²) in [5, 5.41) is 5.01. The van der Waals surface area contributed by atoms with Crippen LogP contribution < -0.4 is 5.32 Å². The van der Waals surface area contributed by atoms with Crippen molar-refractivity contribution in [3.63, 3.8) is 0 Å². The second-order valence-electron chi connectivity index (χ2n) is 5.35. The van der Waals surface area contributed by atoms with E-state index in [4.69, 9.17) is 11.6 Å². The summed E-state index contributed by atoms with van der Waals surface area (Å²) in [6.45, 7) is 5.72. The Labute approximate surface area is 118 Å². The maximum Gasteiger partial charge on any atom is 0.251 e. The minimum Gasteiger partial charge on any atom is -0.346 e. The Bertz CT molecular complexity index is 604. The molecule has 0 aliphatic heterocycles. The first-order chi connectivity index (χ1) is 8.90. The van der Waals surface area contributed by atoms with Gasteiger partial charge >= 0.3 is 0 Å². The van der Waals surface area contributed by atoms with Crippen LogP contribution in [-0.4, -0.2) is 16.8 Å². The number of fused-ring (bicyclic) bond motifs is 1. The van der Waals surface area contributed by atoms with Crippen molar-refractivity contribution in [3.05, 3.63) is 48.0 Å². The SMILES string of the molecule is CC(Cl)C(C)(C)NC(=O)c1ccc2ccccc2c1. The smallest absolute Gasteiger partial charge is 0.251 e. The number of nitrogens with one attached hydrogen (secondary N) is 1. The standard InChI is InChI=1S/C16H18ClNO/c1-11(17)16(2,3)18-15(19)14-9-8-12-6-4-5-7-13(12)10-14/h4-11H,1-3H3,(H,18,19). The highest BCUT2D eigenvalue weighted by molar-refractivity contribution is 6.21. The Hall–Kier alpha value is -1.54. The van der Waals surface area contributed by atoms with Crippen molar-refractivity contribution < 1.29 is 4.79 Å². The third-order valence-corrected chi connectivity index (χ3v) is 3.99. The molecular formula is C16H18ClNO. The summed E-state index contributed by atoms with van der Waals surface area (Å²) in [7, 11) is 0. The lowest BCUT2D eigenvalue weighted by Crippen LogP contribution is -2.49. The average Bonchev–Trinajstić information content (AvgIpc) is 2.37. The van der Waals surface area contributed by atoms with E-state index in [0.29, 0.717) is 5.56 Å². The third kappa shape index (κ3) is 3.07. The molecule has 0 fully saturated rings. The predicted octanol–water partition coefficient (Wildman–Crippen LogP) is 3.98. The molecule has 2 aromatic carbocycles. The van der Waals surface area contributed by atoms with Gasteiger partial charge in [-0.3, -0.25) is 4.79 Å². The lowest BCUT2D eigenvalue weighted by molar-refractivity contribution is 0.0912. The number of amides is 1. The molecule has 2 nitrogen and oxygen atoms in total. The van der Waals surface area contributed by atoms with Gasteiger partial charge in [0.05, 0.1) is 10.9 Å². The van der Waals surface area contributed by atoms with Crippen molar-refractivity contribution in [2.75, 3.05) is 0 Å². The number of carbonyl (C=O) groups is 1. The van der Waals surface area contributed by atoms with Gasteiger partial charge in [-0.25, -0.2) is 0 Å². The summed E-state index contributed by atoms with van der Waals surface area (Å²) < 4.78 is 0. The lowest BCUT2D eigenvalue weighted by Gasteiger charge is -2.29. The van der Waals surface area contributed by atoms with Crippen LogP contribution in [0.2, 0.25) is 0 Å². The van der Waals surface area contributed by atoms with Crippen LogP contribution in [0.5, 0.6) is 0 Å². The topological polar surface area (TPSA) is 29.1 Å². The molecule has 1 N–H and O–H groups in total. The fourth-order valence-corrected chi connectivity index (χ4v) is 1.85. The molecule has 0 saturated carbocycles. The van der Waals surface area contributed by atoms with Crippen molar-refractivity contribution in [1.82, 2.24) is 5.32 Å². The summed E-state index contributed by atoms with van der Waals surface area (Å²) in [5.74, 6) is -0.0942. The number of halogens is 1. The number of hydrogen-bond donors (Lipinski definition) is 1. The zero-order valence-electron chi connectivity index (χ0n) is 11.4. The van der Waals surface area contributed by atoms with E-state index in [2.05, 4.69) is 5.32 Å². The Kier molecular flexibility index (Phi) is 3.81. The van der Waals surface area contributed by atoms with Crippen molar-refractivity contribution in [3.8, 4) is 0 Å². The molecule has 1 amide bonds. The molecule has 0 aromatic heterocycles. The van der Waals surface area contributed by atoms with Crippen LogP contribution in [0.4, 0.5) is 0 Å². The van der Waals surface area contributed by atoms with Crippen molar-refractivity contribution in [2.45, 2.75) is 31.7 Å². The Balaban J connectivity index is 2.27. The minimum absolute atomic E-state index is 0.0942. The number of alkyl halides is 1. The van der Waals surface area contributed by atoms with Crippen molar-refractivity contribution >= 4 is 28.3 Å². The van der Waals surface area contributed by atoms with E-state index in [9.17, 15) is 4.79 Å². The van der Waals surface area contributed by atoms with E-state index in [1.807, 2.05) is 63.2 Å². The molecule has 2 aromatic rings. The first-order valence-electron chi connectivity index (χ1n) is 6.35. The van der Waals surface area contributed by atoms with Gasteiger partial charge in [0.1, 0.15) is 0 Å². The quantitative estimate of drug-likeness (QED) is 0.844. The Morgan fingerprint density at radius 3 is 2.42 bits per heavy atom. The van der Waals surface area contributed by atoms with Crippen LogP contribution in [0.3, 0.4) is 0 Å². The Morgan fingerprint density at radius 2 is 1.79 bits per heavy atom. The number of rotatable bonds is 3. The van der Waals surface area contributed by atoms with Gasteiger partial charge in [0.15, 0.2) is 0 Å². The normalized spacial score (nSPS) is 13.3. The van der Waals surface area contributed by atoms with Crippen LogP contribution in [0.15, 0.2) is 42.5 Å². The third-order valence-electron chi connectivity index (χ3n) is 3.44. The molecule has 1 atom stereocenters. The molecule has 19 heavy (non-hydrogen) atoms. The largest absolute Gasteiger partial charge is 0.346 e. The van der Waals surface area contributed by atoms with E-state index < -0.39 is 5.54 Å². The van der Waals surface area contributed by atoms with Gasteiger partial charge in [0, 0.05) is 5.56 Å². The van der Waals surface area contributed by atoms with E-state index in [-0.39, 0.29) is 11.3 Å². The average molecular weight is 276 g/mol. The molecule has 0 saturated heterocycles. The highest BCUT2D eigenvalue weighted by atomic mass is 35.5. The molecule has 1 unspecified atom stereocenters. The van der Waals surface area contributed by atoms with E-state index in [0.717, 1.165) is 10.8 Å². The van der Waals surface area contributed by atoms with Gasteiger partial charge < -0.3 is 5.32 Å². The molecule has 2 rings (SSSR count). The first kappa shape index (κ1) is 13.9. The van der Waals surface area contributed by atoms with Crippen LogP contribution >= 0.6 is 11.6 Å². The monoisotopic (exact) mass is 275 g/mol. The van der Waals surface area contributed by atoms with E-state index >= 15 is 0 Å². The molecule has 0 heterocycles. The van der Waals surface area contributed by atoms with Gasteiger partial charge in [0.2, 0.25) is 0 Å². The van der Waals surface area contributed by atoms with E-state index in [1.165, 1.54) is 0 Å². The van der Waals surface area contributed by atoms with Gasteiger partial charge in [0.25, 0.3) is 5.91 Å². The zero-order valence-corrected chi connectivity index (χ0v) is 12.2. The van der Waals surface area contributed by atoms with Gasteiger partial charge in [-0.05, 0) is 43.7 Å². The number of hydrogen-bond acceptors (Lipinski definition) is 1. The number of benzene rings is 2. The number of carbonyl (C=O) groups excluding carboxylic acids is 1. The summed E-state index contributed by atoms with van der Waals surface area (Å²) >= 11 is 6.08. The lowest BCUT2D eigenvalue weighted by atomic mass is 10.00. The zero-order chi connectivity index (χ0) is 14.0. The molecule has 0 aliphatic rings. The summed E-state index contributed by atoms with van der Waals surface area (Å²) in [6.07, 6.45) is 0. The van der Waals surface area contributed by atoms with Crippen LogP contribution in [0, 0.1) is 0 Å². The second-order valence-corrected chi connectivity index (χ2v) is 6.01. The molecule has 0 bridgehead atoms. The molecule has 0 radical (unpaired) electrons. The fraction of sp³-hybridized carbons (Fsp3) is 0.312. The highest BCUT2D eigenvalue weighted by Crippen LogP contribution is 2.18. The summed E-state index contributed by atoms with van der Waals surface area (Å²) in [5.41, 5.74) is 0.216. The van der Waals surface area contributed by atoms with Crippen molar-refractivity contribution in [1.29, 1.82) is 0 Å². The predicted molar refractivity (Wildman–Crippen MR) is 80.8 cm³/mol. The van der Waals surface area contributed by atoms with E-state index in [1.54, 1.807) is 0 Å². The maximum atomic E-state index is 12.2. The minimum atomic E-state index is -0.440. The molecule has 3 heteroatoms. The van der Waals surface area contributed by atoms with Crippen molar-refractivity contribution in [2.24, 2.45) is 0 Å². The van der Waals surface area contributed by atoms with Gasteiger partial charge in [-0.2, -0.15) is 0 Å². The summed E-state index contributed by atoms with van der Waals surface area (Å²) in [6, 6.07) is 13.7. The Morgan fingerprint density at radius 1 is 1.16 bits per heavy atom. The van der Waals surface area contributed by atoms with Gasteiger partial charge in [-0.15, -0.1) is 11.6 Å². The molecule has 0 aliphatic carbocycles. The molecular weight excluding hydrogens is 258 g/mol. The summed E-state index contributed by atoms with van der Waals surface area (Å²) in [4.78, 5) is 12.2. The van der Waals surface area contributed by atoms with Crippen LogP contribution in [-0.2, 0) is 0 Å². The van der Waals surface area contributed by atoms with Crippen LogP contribution in [0.1, 0.15) is 31.1 Å². The van der Waals surface area contributed by atoms with Crippen LogP contribution in [0.25, 0.3) is 10.8 Å².